The summed E-state index contributed by atoms with van der Waals surface area (Å²) >= 11 is 11.3. The number of ether oxygens (including phenoxy) is 3. The number of allylic oxidation sites excluding steroid dienone is 4. The van der Waals surface area contributed by atoms with Crippen molar-refractivity contribution >= 4 is 23.2 Å². The maximum Gasteiger partial charge on any atom is 0.149 e. The number of halogens is 2. The minimum absolute atomic E-state index is 0.188. The van der Waals surface area contributed by atoms with E-state index >= 15 is 0 Å². The van der Waals surface area contributed by atoms with E-state index in [1.54, 1.807) is 0 Å². The fraction of sp³-hybridized carbons (Fsp3) is 0.800. The van der Waals surface area contributed by atoms with Gasteiger partial charge in [-0.1, -0.05) is 24.3 Å². The van der Waals surface area contributed by atoms with Crippen molar-refractivity contribution in [3.05, 3.63) is 24.3 Å². The lowest BCUT2D eigenvalue weighted by Crippen LogP contribution is -2.15. The summed E-state index contributed by atoms with van der Waals surface area (Å²) in [5.74, 6) is 1.46. The normalized spacial score (nSPS) is 14.6. The predicted octanol–water partition coefficient (Wildman–Crippen LogP) is 6.44. The van der Waals surface area contributed by atoms with Gasteiger partial charge in [-0.25, -0.2) is 0 Å². The van der Waals surface area contributed by atoms with E-state index in [0.29, 0.717) is 0 Å². The minimum atomic E-state index is 0.188. The van der Waals surface area contributed by atoms with E-state index in [0.717, 1.165) is 63.1 Å². The summed E-state index contributed by atoms with van der Waals surface area (Å²) in [6.45, 7) is 4.69. The second-order valence-corrected chi connectivity index (χ2v) is 6.91. The molecule has 0 aromatic rings. The largest absolute Gasteiger partial charge is 0.352 e. The van der Waals surface area contributed by atoms with Crippen LogP contribution in [0.1, 0.15) is 65.2 Å². The van der Waals surface area contributed by atoms with Crippen LogP contribution in [0.2, 0.25) is 0 Å². The smallest absolute Gasteiger partial charge is 0.149 e. The maximum absolute atomic E-state index is 5.63. The first-order valence-electron chi connectivity index (χ1n) is 9.43. The van der Waals surface area contributed by atoms with Gasteiger partial charge in [0.05, 0.1) is 12.2 Å². The summed E-state index contributed by atoms with van der Waals surface area (Å²) < 4.78 is 16.6. The van der Waals surface area contributed by atoms with E-state index in [2.05, 4.69) is 38.2 Å². The van der Waals surface area contributed by atoms with Gasteiger partial charge in [-0.15, -0.1) is 23.2 Å². The molecule has 0 fully saturated rings. The Kier molecular flexibility index (Phi) is 20.2. The SMILES string of the molecule is CC(CCC=CCCCCl)OCOCOC(C)CCC=CCCCCl. The van der Waals surface area contributed by atoms with Crippen LogP contribution in [0.15, 0.2) is 24.3 Å². The van der Waals surface area contributed by atoms with E-state index in [1.807, 2.05) is 0 Å². The van der Waals surface area contributed by atoms with Gasteiger partial charge < -0.3 is 14.2 Å². The van der Waals surface area contributed by atoms with Gasteiger partial charge in [-0.05, 0) is 65.2 Å². The Labute approximate surface area is 164 Å². The summed E-state index contributed by atoms with van der Waals surface area (Å²) in [4.78, 5) is 0. The van der Waals surface area contributed by atoms with Gasteiger partial charge in [0.15, 0.2) is 0 Å². The molecule has 2 unspecified atom stereocenters. The molecule has 148 valence electrons. The van der Waals surface area contributed by atoms with Crippen molar-refractivity contribution in [1.29, 1.82) is 0 Å². The third-order valence-corrected chi connectivity index (χ3v) is 4.23. The maximum atomic E-state index is 5.63. The molecule has 5 heteroatoms. The number of hydrogen-bond acceptors (Lipinski definition) is 3. The molecular weight excluding hydrogens is 359 g/mol. The minimum Gasteiger partial charge on any atom is -0.352 e. The van der Waals surface area contributed by atoms with Crippen LogP contribution in [0.3, 0.4) is 0 Å². The summed E-state index contributed by atoms with van der Waals surface area (Å²) in [6, 6.07) is 0. The predicted molar refractivity (Wildman–Crippen MR) is 109 cm³/mol. The van der Waals surface area contributed by atoms with Crippen molar-refractivity contribution in [2.75, 3.05) is 25.3 Å². The first-order chi connectivity index (χ1) is 12.2. The molecule has 0 spiro atoms. The molecule has 2 atom stereocenters. The molecule has 0 heterocycles. The van der Waals surface area contributed by atoms with E-state index in [1.165, 1.54) is 0 Å². The average Bonchev–Trinajstić information content (AvgIpc) is 2.60. The van der Waals surface area contributed by atoms with E-state index in [4.69, 9.17) is 37.4 Å². The number of hydrogen-bond donors (Lipinski definition) is 0. The van der Waals surface area contributed by atoms with Crippen LogP contribution in [0.4, 0.5) is 0 Å². The topological polar surface area (TPSA) is 27.7 Å². The number of unbranched alkanes of at least 4 members (excludes halogenated alkanes) is 2. The first kappa shape index (κ1) is 24.9. The molecule has 0 aliphatic rings. The van der Waals surface area contributed by atoms with Crippen LogP contribution >= 0.6 is 23.2 Å². The third kappa shape index (κ3) is 20.1. The second-order valence-electron chi connectivity index (χ2n) is 6.15. The van der Waals surface area contributed by atoms with Gasteiger partial charge in [-0.3, -0.25) is 0 Å². The van der Waals surface area contributed by atoms with Crippen molar-refractivity contribution in [1.82, 2.24) is 0 Å². The molecule has 0 aromatic carbocycles. The number of rotatable bonds is 18. The second kappa shape index (κ2) is 20.3. The van der Waals surface area contributed by atoms with Crippen molar-refractivity contribution < 1.29 is 14.2 Å². The van der Waals surface area contributed by atoms with Crippen LogP contribution in [-0.4, -0.2) is 37.6 Å². The summed E-state index contributed by atoms with van der Waals surface area (Å²) in [7, 11) is 0. The fourth-order valence-electron chi connectivity index (χ4n) is 2.05. The molecule has 0 N–H and O–H groups in total. The van der Waals surface area contributed by atoms with Crippen LogP contribution in [-0.2, 0) is 14.2 Å². The zero-order valence-electron chi connectivity index (χ0n) is 15.9. The molecule has 3 nitrogen and oxygen atoms in total. The third-order valence-electron chi connectivity index (χ3n) is 3.69. The Hall–Kier alpha value is -0.0600. The molecular formula is C20H36Cl2O3. The standard InChI is InChI=1S/C20H36Cl2O3/c1-19(13-9-5-3-7-11-15-21)24-17-23-18-25-20(2)14-10-6-4-8-12-16-22/h3-6,19-20H,7-18H2,1-2H3. The van der Waals surface area contributed by atoms with Crippen LogP contribution in [0, 0.1) is 0 Å². The molecule has 0 amide bonds. The lowest BCUT2D eigenvalue weighted by Gasteiger charge is -2.14. The molecule has 0 rings (SSSR count). The van der Waals surface area contributed by atoms with Gasteiger partial charge in [0.1, 0.15) is 13.6 Å². The zero-order chi connectivity index (χ0) is 18.6. The fourth-order valence-corrected chi connectivity index (χ4v) is 2.36. The van der Waals surface area contributed by atoms with Crippen molar-refractivity contribution in [2.45, 2.75) is 77.4 Å². The molecule has 0 saturated carbocycles. The molecule has 0 aliphatic carbocycles. The Bertz CT molecular complexity index is 292. The van der Waals surface area contributed by atoms with Crippen LogP contribution < -0.4 is 0 Å². The number of alkyl halides is 2. The first-order valence-corrected chi connectivity index (χ1v) is 10.5. The summed E-state index contributed by atoms with van der Waals surface area (Å²) in [5.41, 5.74) is 0. The average molecular weight is 395 g/mol. The van der Waals surface area contributed by atoms with Gasteiger partial charge in [0, 0.05) is 11.8 Å². The lowest BCUT2D eigenvalue weighted by atomic mass is 10.2. The van der Waals surface area contributed by atoms with E-state index in [9.17, 15) is 0 Å². The Balaban J connectivity index is 3.40. The van der Waals surface area contributed by atoms with E-state index < -0.39 is 0 Å². The summed E-state index contributed by atoms with van der Waals surface area (Å²) in [5, 5.41) is 0. The van der Waals surface area contributed by atoms with Gasteiger partial charge >= 0.3 is 0 Å². The van der Waals surface area contributed by atoms with Gasteiger partial charge in [0.25, 0.3) is 0 Å². The van der Waals surface area contributed by atoms with Crippen molar-refractivity contribution in [2.24, 2.45) is 0 Å². The van der Waals surface area contributed by atoms with Gasteiger partial charge in [-0.2, -0.15) is 0 Å². The van der Waals surface area contributed by atoms with E-state index in [-0.39, 0.29) is 25.8 Å². The van der Waals surface area contributed by atoms with Crippen LogP contribution in [0.25, 0.3) is 0 Å². The highest BCUT2D eigenvalue weighted by Gasteiger charge is 2.03. The highest BCUT2D eigenvalue weighted by Crippen LogP contribution is 2.06. The van der Waals surface area contributed by atoms with Crippen molar-refractivity contribution in [3.8, 4) is 0 Å². The van der Waals surface area contributed by atoms with Gasteiger partial charge in [0.2, 0.25) is 0 Å². The highest BCUT2D eigenvalue weighted by molar-refractivity contribution is 6.18. The monoisotopic (exact) mass is 394 g/mol. The molecule has 0 aromatic heterocycles. The zero-order valence-corrected chi connectivity index (χ0v) is 17.4. The molecule has 0 bridgehead atoms. The molecule has 0 radical (unpaired) electrons. The molecule has 25 heavy (non-hydrogen) atoms. The highest BCUT2D eigenvalue weighted by atomic mass is 35.5. The summed E-state index contributed by atoms with van der Waals surface area (Å²) in [6.07, 6.45) is 17.4. The Morgan fingerprint density at radius 3 is 1.48 bits per heavy atom. The van der Waals surface area contributed by atoms with Crippen LogP contribution in [0.5, 0.6) is 0 Å². The Morgan fingerprint density at radius 2 is 1.08 bits per heavy atom. The van der Waals surface area contributed by atoms with Crippen molar-refractivity contribution in [3.63, 3.8) is 0 Å². The quantitative estimate of drug-likeness (QED) is 0.116. The molecule has 0 aliphatic heterocycles. The lowest BCUT2D eigenvalue weighted by molar-refractivity contribution is -0.160. The molecule has 0 saturated heterocycles. The Morgan fingerprint density at radius 1 is 0.680 bits per heavy atom.